The Bertz CT molecular complexity index is 1320. The summed E-state index contributed by atoms with van der Waals surface area (Å²) in [5.41, 5.74) is 5.12. The molecule has 2 atom stereocenters. The number of carbonyl (C=O) groups is 2. The molecule has 198 valence electrons. The number of amides is 2. The van der Waals surface area contributed by atoms with Gasteiger partial charge in [-0.1, -0.05) is 36.4 Å². The molecule has 3 N–H and O–H groups in total. The smallest absolute Gasteiger partial charge is 0.255 e. The van der Waals surface area contributed by atoms with Crippen LogP contribution in [0.2, 0.25) is 0 Å². The molecular formula is C30H33N3O5. The zero-order valence-electron chi connectivity index (χ0n) is 21.7. The highest BCUT2D eigenvalue weighted by Crippen LogP contribution is 2.31. The molecule has 5 rings (SSSR count). The summed E-state index contributed by atoms with van der Waals surface area (Å²) in [5.74, 6) is 0.689. The summed E-state index contributed by atoms with van der Waals surface area (Å²) in [7, 11) is 1.62. The number of carbonyl (C=O) groups excluding carboxylic acids is 2. The van der Waals surface area contributed by atoms with Crippen molar-refractivity contribution < 1.29 is 24.2 Å². The molecule has 2 heterocycles. The molecule has 0 spiro atoms. The fraction of sp³-hybridized carbons (Fsp3) is 0.333. The second kappa shape index (κ2) is 11.2. The first-order valence-electron chi connectivity index (χ1n) is 12.9. The van der Waals surface area contributed by atoms with Crippen molar-refractivity contribution >= 4 is 11.8 Å². The molecule has 2 amide bonds. The average Bonchev–Trinajstić information content (AvgIpc) is 3.25. The molecule has 0 aromatic heterocycles. The van der Waals surface area contributed by atoms with Crippen LogP contribution >= 0.6 is 0 Å². The summed E-state index contributed by atoms with van der Waals surface area (Å²) >= 11 is 0. The van der Waals surface area contributed by atoms with Gasteiger partial charge in [-0.15, -0.1) is 0 Å². The first-order chi connectivity index (χ1) is 18.5. The fourth-order valence-corrected chi connectivity index (χ4v) is 5.12. The van der Waals surface area contributed by atoms with Crippen LogP contribution in [0, 0.1) is 0 Å². The van der Waals surface area contributed by atoms with E-state index in [9.17, 15) is 14.7 Å². The maximum absolute atomic E-state index is 13.2. The second-order valence-electron chi connectivity index (χ2n) is 9.69. The number of hydrogen-bond donors (Lipinski definition) is 3. The average molecular weight is 516 g/mol. The molecule has 0 saturated carbocycles. The van der Waals surface area contributed by atoms with E-state index in [1.54, 1.807) is 24.1 Å². The van der Waals surface area contributed by atoms with E-state index < -0.39 is 6.10 Å². The Labute approximate surface area is 222 Å². The van der Waals surface area contributed by atoms with E-state index >= 15 is 0 Å². The highest BCUT2D eigenvalue weighted by Gasteiger charge is 2.31. The quantitative estimate of drug-likeness (QED) is 0.405. The predicted molar refractivity (Wildman–Crippen MR) is 143 cm³/mol. The molecular weight excluding hydrogens is 482 g/mol. The Morgan fingerprint density at radius 2 is 1.89 bits per heavy atom. The zero-order valence-corrected chi connectivity index (χ0v) is 21.7. The van der Waals surface area contributed by atoms with Crippen molar-refractivity contribution in [2.24, 2.45) is 0 Å². The van der Waals surface area contributed by atoms with E-state index in [-0.39, 0.29) is 24.4 Å². The minimum Gasteiger partial charge on any atom is -0.497 e. The summed E-state index contributed by atoms with van der Waals surface area (Å²) in [6.45, 7) is 3.84. The summed E-state index contributed by atoms with van der Waals surface area (Å²) in [4.78, 5) is 28.1. The van der Waals surface area contributed by atoms with Gasteiger partial charge < -0.3 is 30.1 Å². The first-order valence-corrected chi connectivity index (χ1v) is 12.9. The number of fused-ring (bicyclic) bond motifs is 2. The molecule has 0 unspecified atom stereocenters. The van der Waals surface area contributed by atoms with E-state index in [0.717, 1.165) is 16.9 Å². The number of hydrogen-bond acceptors (Lipinski definition) is 6. The van der Waals surface area contributed by atoms with Crippen LogP contribution in [-0.4, -0.2) is 54.2 Å². The third kappa shape index (κ3) is 5.37. The van der Waals surface area contributed by atoms with Gasteiger partial charge in [0.25, 0.3) is 11.8 Å². The van der Waals surface area contributed by atoms with Crippen molar-refractivity contribution in [1.82, 2.24) is 15.5 Å². The number of nitrogens with zero attached hydrogens (tertiary/aromatic N) is 1. The number of methoxy groups -OCH3 is 1. The van der Waals surface area contributed by atoms with Crippen molar-refractivity contribution in [3.63, 3.8) is 0 Å². The third-order valence-corrected chi connectivity index (χ3v) is 7.21. The Morgan fingerprint density at radius 1 is 1.13 bits per heavy atom. The lowest BCUT2D eigenvalue weighted by Gasteiger charge is -2.30. The number of aliphatic hydroxyl groups is 1. The minimum absolute atomic E-state index is 0.0946. The molecule has 2 aliphatic heterocycles. The van der Waals surface area contributed by atoms with Crippen molar-refractivity contribution in [3.05, 3.63) is 94.0 Å². The summed E-state index contributed by atoms with van der Waals surface area (Å²) < 4.78 is 11.0. The van der Waals surface area contributed by atoms with Crippen LogP contribution in [0.1, 0.15) is 49.9 Å². The van der Waals surface area contributed by atoms with Crippen molar-refractivity contribution in [2.75, 3.05) is 20.3 Å². The maximum atomic E-state index is 13.2. The number of ether oxygens (including phenoxy) is 2. The monoisotopic (exact) mass is 515 g/mol. The Morgan fingerprint density at radius 3 is 2.63 bits per heavy atom. The molecule has 8 heteroatoms. The van der Waals surface area contributed by atoms with E-state index in [1.807, 2.05) is 43.3 Å². The second-order valence-corrected chi connectivity index (χ2v) is 9.69. The molecule has 0 fully saturated rings. The standard InChI is InChI=1S/C30H33N3O5/c1-3-38-28-14-24-22(18-33(30(24)36)17-19-8-10-23(37-2)11-9-19)12-25(28)29(35)32-16-27(34)26-13-20-6-4-5-7-21(20)15-31-26/h4-12,14,26-27,31,34H,3,13,15-18H2,1-2H3,(H,32,35)/t26-,27+/m0/s1. The lowest BCUT2D eigenvalue weighted by Crippen LogP contribution is -2.49. The normalized spacial score (nSPS) is 17.0. The highest BCUT2D eigenvalue weighted by atomic mass is 16.5. The minimum atomic E-state index is -0.751. The topological polar surface area (TPSA) is 100 Å². The van der Waals surface area contributed by atoms with Gasteiger partial charge in [0, 0.05) is 37.8 Å². The Kier molecular flexibility index (Phi) is 7.62. The molecule has 38 heavy (non-hydrogen) atoms. The van der Waals surface area contributed by atoms with Gasteiger partial charge >= 0.3 is 0 Å². The summed E-state index contributed by atoms with van der Waals surface area (Å²) in [6.07, 6.45) is -0.0543. The Balaban J connectivity index is 1.26. The van der Waals surface area contributed by atoms with E-state index in [4.69, 9.17) is 9.47 Å². The molecule has 8 nitrogen and oxygen atoms in total. The third-order valence-electron chi connectivity index (χ3n) is 7.21. The van der Waals surface area contributed by atoms with Crippen molar-refractivity contribution in [1.29, 1.82) is 0 Å². The largest absolute Gasteiger partial charge is 0.497 e. The summed E-state index contributed by atoms with van der Waals surface area (Å²) in [6, 6.07) is 19.0. The van der Waals surface area contributed by atoms with E-state index in [1.165, 1.54) is 11.1 Å². The van der Waals surface area contributed by atoms with Crippen LogP contribution in [-0.2, 0) is 26.1 Å². The van der Waals surface area contributed by atoms with E-state index in [2.05, 4.69) is 22.8 Å². The van der Waals surface area contributed by atoms with Gasteiger partial charge in [-0.05, 0) is 59.9 Å². The van der Waals surface area contributed by atoms with Gasteiger partial charge in [0.1, 0.15) is 11.5 Å². The molecule has 3 aromatic rings. The fourth-order valence-electron chi connectivity index (χ4n) is 5.12. The number of rotatable bonds is 9. The van der Waals surface area contributed by atoms with Gasteiger partial charge in [0.15, 0.2) is 0 Å². The van der Waals surface area contributed by atoms with Crippen LogP contribution < -0.4 is 20.1 Å². The maximum Gasteiger partial charge on any atom is 0.255 e. The molecule has 0 saturated heterocycles. The summed E-state index contributed by atoms with van der Waals surface area (Å²) in [5, 5.41) is 17.0. The first kappa shape index (κ1) is 25.8. The van der Waals surface area contributed by atoms with Crippen LogP contribution in [0.15, 0.2) is 60.7 Å². The molecule has 2 aliphatic rings. The van der Waals surface area contributed by atoms with Crippen LogP contribution in [0.25, 0.3) is 0 Å². The van der Waals surface area contributed by atoms with Crippen molar-refractivity contribution in [2.45, 2.75) is 45.1 Å². The van der Waals surface area contributed by atoms with Crippen LogP contribution in [0.5, 0.6) is 11.5 Å². The number of nitrogens with one attached hydrogen (secondary N) is 2. The van der Waals surface area contributed by atoms with E-state index in [0.29, 0.717) is 49.5 Å². The van der Waals surface area contributed by atoms with Crippen LogP contribution in [0.3, 0.4) is 0 Å². The van der Waals surface area contributed by atoms with Gasteiger partial charge in [-0.3, -0.25) is 9.59 Å². The number of aliphatic hydroxyl groups excluding tert-OH is 1. The SMILES string of the molecule is CCOc1cc2c(cc1C(=O)NC[C@@H](O)[C@@H]1Cc3ccccc3CN1)CN(Cc1ccc(OC)cc1)C2=O. The molecule has 0 bridgehead atoms. The molecule has 3 aromatic carbocycles. The molecule has 0 aliphatic carbocycles. The lowest BCUT2D eigenvalue weighted by atomic mass is 9.93. The number of benzene rings is 3. The van der Waals surface area contributed by atoms with Crippen LogP contribution in [0.4, 0.5) is 0 Å². The van der Waals surface area contributed by atoms with Gasteiger partial charge in [0.05, 0.1) is 25.4 Å². The van der Waals surface area contributed by atoms with Gasteiger partial charge in [-0.25, -0.2) is 0 Å². The van der Waals surface area contributed by atoms with Gasteiger partial charge in [0.2, 0.25) is 0 Å². The van der Waals surface area contributed by atoms with Gasteiger partial charge in [-0.2, -0.15) is 0 Å². The zero-order chi connectivity index (χ0) is 26.6. The predicted octanol–water partition coefficient (Wildman–Crippen LogP) is 3.06. The molecule has 0 radical (unpaired) electrons. The lowest BCUT2D eigenvalue weighted by molar-refractivity contribution is 0.0766. The Hall–Kier alpha value is -3.88. The highest BCUT2D eigenvalue weighted by molar-refractivity contribution is 6.03. The van der Waals surface area contributed by atoms with Crippen molar-refractivity contribution in [3.8, 4) is 11.5 Å².